The average molecular weight is 437 g/mol. The van der Waals surface area contributed by atoms with Crippen LogP contribution in [0.2, 0.25) is 5.02 Å². The molecule has 0 aliphatic carbocycles. The van der Waals surface area contributed by atoms with Crippen molar-refractivity contribution in [1.29, 1.82) is 0 Å². The molecule has 1 aromatic carbocycles. The first-order valence-electron chi connectivity index (χ1n) is 11.0. The van der Waals surface area contributed by atoms with Crippen LogP contribution in [0.15, 0.2) is 12.1 Å². The molecule has 2 atom stereocenters. The maximum atomic E-state index is 12.9. The van der Waals surface area contributed by atoms with Crippen molar-refractivity contribution in [2.45, 2.75) is 51.8 Å². The number of fused-ring (bicyclic) bond motifs is 1. The molecule has 6 nitrogen and oxygen atoms in total. The molecule has 0 saturated carbocycles. The van der Waals surface area contributed by atoms with Gasteiger partial charge in [0.1, 0.15) is 5.60 Å². The van der Waals surface area contributed by atoms with Gasteiger partial charge in [0.2, 0.25) is 0 Å². The van der Waals surface area contributed by atoms with Crippen LogP contribution in [0.5, 0.6) is 0 Å². The lowest BCUT2D eigenvalue weighted by atomic mass is 9.90. The molecule has 2 saturated heterocycles. The summed E-state index contributed by atoms with van der Waals surface area (Å²) in [7, 11) is 0. The highest BCUT2D eigenvalue weighted by Crippen LogP contribution is 2.35. The van der Waals surface area contributed by atoms with Gasteiger partial charge in [0.15, 0.2) is 0 Å². The van der Waals surface area contributed by atoms with Crippen LogP contribution >= 0.6 is 11.6 Å². The van der Waals surface area contributed by atoms with Gasteiger partial charge in [0, 0.05) is 37.8 Å². The van der Waals surface area contributed by atoms with Crippen LogP contribution in [0.3, 0.4) is 0 Å². The third kappa shape index (κ3) is 5.10. The molecule has 0 bridgehead atoms. The summed E-state index contributed by atoms with van der Waals surface area (Å²) in [6, 6.07) is 3.91. The zero-order chi connectivity index (χ0) is 21.3. The van der Waals surface area contributed by atoms with E-state index in [-0.39, 0.29) is 12.1 Å². The number of carbonyl (C=O) groups excluding carboxylic acids is 1. The SMILES string of the molecule is CC(C)(C)OC(=O)N1CCOC[C@H]1c1cc(Cl)cc2c1CN(CC1CCOC1)CC2. The van der Waals surface area contributed by atoms with Gasteiger partial charge in [-0.3, -0.25) is 9.80 Å². The van der Waals surface area contributed by atoms with E-state index in [2.05, 4.69) is 11.0 Å². The minimum atomic E-state index is -0.534. The Bertz CT molecular complexity index is 773. The fourth-order valence-corrected chi connectivity index (χ4v) is 4.91. The van der Waals surface area contributed by atoms with Crippen LogP contribution in [-0.2, 0) is 27.2 Å². The van der Waals surface area contributed by atoms with E-state index in [1.165, 1.54) is 11.1 Å². The summed E-state index contributed by atoms with van der Waals surface area (Å²) >= 11 is 6.50. The molecule has 0 N–H and O–H groups in total. The maximum Gasteiger partial charge on any atom is 0.410 e. The van der Waals surface area contributed by atoms with Gasteiger partial charge in [-0.25, -0.2) is 4.79 Å². The molecular weight excluding hydrogens is 404 g/mol. The van der Waals surface area contributed by atoms with E-state index in [9.17, 15) is 4.79 Å². The number of rotatable bonds is 3. The molecule has 0 spiro atoms. The van der Waals surface area contributed by atoms with Gasteiger partial charge in [0.05, 0.1) is 25.9 Å². The van der Waals surface area contributed by atoms with Gasteiger partial charge in [-0.1, -0.05) is 11.6 Å². The molecule has 4 rings (SSSR count). The summed E-state index contributed by atoms with van der Waals surface area (Å²) in [5.41, 5.74) is 3.13. The Balaban J connectivity index is 1.59. The third-order valence-corrected chi connectivity index (χ3v) is 6.29. The Morgan fingerprint density at radius 1 is 1.20 bits per heavy atom. The van der Waals surface area contributed by atoms with Gasteiger partial charge >= 0.3 is 6.09 Å². The molecule has 2 fully saturated rings. The van der Waals surface area contributed by atoms with Gasteiger partial charge < -0.3 is 14.2 Å². The quantitative estimate of drug-likeness (QED) is 0.715. The van der Waals surface area contributed by atoms with Gasteiger partial charge in [-0.15, -0.1) is 0 Å². The van der Waals surface area contributed by atoms with Gasteiger partial charge in [0.25, 0.3) is 0 Å². The highest BCUT2D eigenvalue weighted by Gasteiger charge is 2.35. The van der Waals surface area contributed by atoms with E-state index in [1.807, 2.05) is 31.7 Å². The standard InChI is InChI=1S/C23H33ClN2O4/c1-23(2,3)30-22(27)26-7-9-29-15-21(26)19-11-18(24)10-17-4-6-25(13-20(17)19)12-16-5-8-28-14-16/h10-11,16,21H,4-9,12-15H2,1-3H3/t16?,21-/m0/s1. The van der Waals surface area contributed by atoms with Crippen LogP contribution in [0.25, 0.3) is 0 Å². The van der Waals surface area contributed by atoms with Crippen molar-refractivity contribution < 1.29 is 19.0 Å². The van der Waals surface area contributed by atoms with E-state index in [4.69, 9.17) is 25.8 Å². The number of benzene rings is 1. The molecule has 7 heteroatoms. The van der Waals surface area contributed by atoms with Crippen LogP contribution in [-0.4, -0.2) is 67.6 Å². The molecule has 1 aromatic rings. The number of carbonyl (C=O) groups is 1. The normalized spacial score (nSPS) is 25.3. The molecule has 0 radical (unpaired) electrons. The summed E-state index contributed by atoms with van der Waals surface area (Å²) in [4.78, 5) is 17.3. The summed E-state index contributed by atoms with van der Waals surface area (Å²) < 4.78 is 17.0. The van der Waals surface area contributed by atoms with Crippen LogP contribution in [0, 0.1) is 5.92 Å². The highest BCUT2D eigenvalue weighted by atomic mass is 35.5. The second-order valence-corrected chi connectivity index (χ2v) is 10.0. The lowest BCUT2D eigenvalue weighted by Gasteiger charge is -2.39. The predicted molar refractivity (Wildman–Crippen MR) is 116 cm³/mol. The molecule has 1 unspecified atom stereocenters. The zero-order valence-corrected chi connectivity index (χ0v) is 19.0. The first-order chi connectivity index (χ1) is 14.3. The molecule has 1 amide bonds. The third-order valence-electron chi connectivity index (χ3n) is 6.08. The Labute approximate surface area is 184 Å². The molecule has 166 valence electrons. The first-order valence-corrected chi connectivity index (χ1v) is 11.4. The van der Waals surface area contributed by atoms with Gasteiger partial charge in [-0.05, 0) is 68.4 Å². The van der Waals surface area contributed by atoms with Crippen molar-refractivity contribution in [3.8, 4) is 0 Å². The number of amides is 1. The van der Waals surface area contributed by atoms with Crippen LogP contribution in [0.4, 0.5) is 4.79 Å². The maximum absolute atomic E-state index is 12.9. The summed E-state index contributed by atoms with van der Waals surface area (Å²) in [6.07, 6.45) is 1.82. The lowest BCUT2D eigenvalue weighted by Crippen LogP contribution is -2.46. The predicted octanol–water partition coefficient (Wildman–Crippen LogP) is 4.04. The second-order valence-electron chi connectivity index (χ2n) is 9.61. The van der Waals surface area contributed by atoms with Crippen molar-refractivity contribution in [2.75, 3.05) is 46.1 Å². The fraction of sp³-hybridized carbons (Fsp3) is 0.696. The second kappa shape index (κ2) is 9.03. The summed E-state index contributed by atoms with van der Waals surface area (Å²) in [6.45, 7) is 11.9. The Kier molecular flexibility index (Phi) is 6.58. The number of ether oxygens (including phenoxy) is 3. The fourth-order valence-electron chi connectivity index (χ4n) is 4.66. The van der Waals surface area contributed by atoms with E-state index in [1.54, 1.807) is 0 Å². The number of halogens is 1. The lowest BCUT2D eigenvalue weighted by molar-refractivity contribution is -0.0334. The molecule has 3 aliphatic rings. The van der Waals surface area contributed by atoms with Crippen molar-refractivity contribution >= 4 is 17.7 Å². The minimum absolute atomic E-state index is 0.184. The Morgan fingerprint density at radius 2 is 2.00 bits per heavy atom. The largest absolute Gasteiger partial charge is 0.444 e. The van der Waals surface area contributed by atoms with Crippen molar-refractivity contribution in [3.63, 3.8) is 0 Å². The van der Waals surface area contributed by atoms with Gasteiger partial charge in [-0.2, -0.15) is 0 Å². The van der Waals surface area contributed by atoms with Crippen molar-refractivity contribution in [2.24, 2.45) is 5.92 Å². The zero-order valence-electron chi connectivity index (χ0n) is 18.3. The molecule has 3 heterocycles. The smallest absolute Gasteiger partial charge is 0.410 e. The van der Waals surface area contributed by atoms with Crippen molar-refractivity contribution in [1.82, 2.24) is 9.80 Å². The Morgan fingerprint density at radius 3 is 2.73 bits per heavy atom. The monoisotopic (exact) mass is 436 g/mol. The molecular formula is C23H33ClN2O4. The van der Waals surface area contributed by atoms with Crippen molar-refractivity contribution in [3.05, 3.63) is 33.8 Å². The Hall–Kier alpha value is -1.34. The van der Waals surface area contributed by atoms with E-state index < -0.39 is 5.60 Å². The van der Waals surface area contributed by atoms with Crippen LogP contribution in [0.1, 0.15) is 49.9 Å². The van der Waals surface area contributed by atoms with E-state index >= 15 is 0 Å². The average Bonchev–Trinajstić information content (AvgIpc) is 3.19. The molecule has 0 aromatic heterocycles. The van der Waals surface area contributed by atoms with E-state index in [0.29, 0.717) is 25.7 Å². The minimum Gasteiger partial charge on any atom is -0.444 e. The number of nitrogens with zero attached hydrogens (tertiary/aromatic N) is 2. The topological polar surface area (TPSA) is 51.2 Å². The summed E-state index contributed by atoms with van der Waals surface area (Å²) in [5.74, 6) is 0.610. The van der Waals surface area contributed by atoms with E-state index in [0.717, 1.165) is 56.3 Å². The highest BCUT2D eigenvalue weighted by molar-refractivity contribution is 6.30. The molecule has 30 heavy (non-hydrogen) atoms. The number of hydrogen-bond acceptors (Lipinski definition) is 5. The molecule has 3 aliphatic heterocycles. The number of hydrogen-bond donors (Lipinski definition) is 0. The van der Waals surface area contributed by atoms with Crippen LogP contribution < -0.4 is 0 Å². The first kappa shape index (κ1) is 21.9. The number of morpholine rings is 1. The summed E-state index contributed by atoms with van der Waals surface area (Å²) in [5, 5.41) is 0.719.